The molecule has 0 N–H and O–H groups in total. The summed E-state index contributed by atoms with van der Waals surface area (Å²) < 4.78 is 11.8. The predicted octanol–water partition coefficient (Wildman–Crippen LogP) is 5.32. The van der Waals surface area contributed by atoms with E-state index in [1.807, 2.05) is 13.8 Å². The maximum Gasteiger partial charge on any atom is 0.183 e. The molecule has 0 saturated heterocycles. The first-order valence-corrected chi connectivity index (χ1v) is 10.3. The van der Waals surface area contributed by atoms with Crippen molar-refractivity contribution in [2.24, 2.45) is 0 Å². The number of hydrogen-bond donors (Lipinski definition) is 0. The Kier molecular flexibility index (Phi) is 4.66. The van der Waals surface area contributed by atoms with Gasteiger partial charge in [0.15, 0.2) is 6.29 Å². The maximum atomic E-state index is 5.89. The van der Waals surface area contributed by atoms with Gasteiger partial charge in [-0.1, -0.05) is 50.2 Å². The van der Waals surface area contributed by atoms with Gasteiger partial charge in [-0.2, -0.15) is 0 Å². The van der Waals surface area contributed by atoms with Gasteiger partial charge in [-0.05, 0) is 62.1 Å². The molecule has 0 saturated carbocycles. The van der Waals surface area contributed by atoms with E-state index in [1.165, 1.54) is 22.3 Å². The minimum Gasteiger partial charge on any atom is -0.349 e. The zero-order valence-corrected chi connectivity index (χ0v) is 17.2. The third-order valence-corrected chi connectivity index (χ3v) is 6.83. The number of rotatable bonds is 7. The summed E-state index contributed by atoms with van der Waals surface area (Å²) in [5.41, 5.74) is 6.83. The summed E-state index contributed by atoms with van der Waals surface area (Å²) in [6.45, 7) is 9.94. The molecule has 0 fully saturated rings. The molecule has 2 bridgehead atoms. The van der Waals surface area contributed by atoms with E-state index in [0.29, 0.717) is 13.2 Å². The third kappa shape index (κ3) is 2.19. The van der Waals surface area contributed by atoms with E-state index in [4.69, 9.17) is 9.47 Å². The molecule has 27 heavy (non-hydrogen) atoms. The van der Waals surface area contributed by atoms with Crippen molar-refractivity contribution in [3.63, 3.8) is 0 Å². The van der Waals surface area contributed by atoms with Crippen LogP contribution in [0.2, 0.25) is 0 Å². The van der Waals surface area contributed by atoms with Gasteiger partial charge in [0, 0.05) is 18.8 Å². The quantitative estimate of drug-likeness (QED) is 0.620. The molecule has 2 unspecified atom stereocenters. The van der Waals surface area contributed by atoms with Crippen molar-refractivity contribution in [2.45, 2.75) is 57.9 Å². The summed E-state index contributed by atoms with van der Waals surface area (Å²) in [6, 6.07) is 15.9. The van der Waals surface area contributed by atoms with Crippen LogP contribution in [0.15, 0.2) is 42.5 Å². The second-order valence-corrected chi connectivity index (χ2v) is 7.58. The molecular formula is C24H31NO2. The number of benzene rings is 2. The van der Waals surface area contributed by atoms with Crippen LogP contribution in [0.4, 0.5) is 0 Å². The zero-order valence-electron chi connectivity index (χ0n) is 17.2. The molecule has 2 aliphatic rings. The average molecular weight is 366 g/mol. The predicted molar refractivity (Wildman–Crippen MR) is 109 cm³/mol. The van der Waals surface area contributed by atoms with Gasteiger partial charge in [0.1, 0.15) is 0 Å². The molecule has 3 heteroatoms. The van der Waals surface area contributed by atoms with Gasteiger partial charge in [0.25, 0.3) is 0 Å². The van der Waals surface area contributed by atoms with Crippen LogP contribution in [0.1, 0.15) is 74.6 Å². The Hall–Kier alpha value is -1.68. The molecule has 2 aliphatic heterocycles. The van der Waals surface area contributed by atoms with Crippen molar-refractivity contribution in [1.82, 2.24) is 4.90 Å². The summed E-state index contributed by atoms with van der Waals surface area (Å²) in [4.78, 5) is 2.62. The highest BCUT2D eigenvalue weighted by Crippen LogP contribution is 2.64. The number of hydrogen-bond acceptors (Lipinski definition) is 3. The van der Waals surface area contributed by atoms with Crippen LogP contribution in [0.25, 0.3) is 0 Å². The van der Waals surface area contributed by atoms with Crippen molar-refractivity contribution in [2.75, 3.05) is 20.3 Å². The molecule has 0 spiro atoms. The van der Waals surface area contributed by atoms with Crippen molar-refractivity contribution in [3.8, 4) is 0 Å². The molecule has 0 aliphatic carbocycles. The smallest absolute Gasteiger partial charge is 0.183 e. The molecule has 3 nitrogen and oxygen atoms in total. The second-order valence-electron chi connectivity index (χ2n) is 7.58. The number of nitrogens with zero attached hydrogens (tertiary/aromatic N) is 1. The molecule has 2 atom stereocenters. The van der Waals surface area contributed by atoms with Crippen LogP contribution in [0.5, 0.6) is 0 Å². The van der Waals surface area contributed by atoms with Crippen molar-refractivity contribution >= 4 is 0 Å². The molecule has 144 valence electrons. The lowest BCUT2D eigenvalue weighted by atomic mass is 9.70. The molecule has 2 heterocycles. The van der Waals surface area contributed by atoms with E-state index in [2.05, 4.69) is 68.3 Å². The standard InChI is InChI=1S/C24H31NO2/c1-6-23-18-12-10-11-13-19(18)24(7-2,25(23)5)21-16-17(14-15-20(21)23)22(26-8-3)27-9-4/h10-16,22H,6-9H2,1-5H3. The van der Waals surface area contributed by atoms with Crippen molar-refractivity contribution in [1.29, 1.82) is 0 Å². The molecule has 0 aromatic heterocycles. The van der Waals surface area contributed by atoms with Crippen LogP contribution in [-0.4, -0.2) is 25.2 Å². The van der Waals surface area contributed by atoms with Crippen LogP contribution >= 0.6 is 0 Å². The van der Waals surface area contributed by atoms with Gasteiger partial charge in [-0.15, -0.1) is 0 Å². The van der Waals surface area contributed by atoms with Crippen LogP contribution in [0, 0.1) is 0 Å². The van der Waals surface area contributed by atoms with E-state index in [1.54, 1.807) is 0 Å². The summed E-state index contributed by atoms with van der Waals surface area (Å²) in [5.74, 6) is 0. The Morgan fingerprint density at radius 2 is 1.30 bits per heavy atom. The molecule has 0 radical (unpaired) electrons. The number of ether oxygens (including phenoxy) is 2. The highest BCUT2D eigenvalue weighted by atomic mass is 16.7. The first kappa shape index (κ1) is 18.7. The van der Waals surface area contributed by atoms with Crippen LogP contribution in [-0.2, 0) is 20.6 Å². The van der Waals surface area contributed by atoms with E-state index in [9.17, 15) is 0 Å². The third-order valence-electron chi connectivity index (χ3n) is 6.83. The maximum absolute atomic E-state index is 5.89. The largest absolute Gasteiger partial charge is 0.349 e. The zero-order chi connectivity index (χ0) is 19.2. The summed E-state index contributed by atoms with van der Waals surface area (Å²) in [6.07, 6.45) is 1.82. The normalized spacial score (nSPS) is 25.9. The fourth-order valence-electron chi connectivity index (χ4n) is 5.73. The lowest BCUT2D eigenvalue weighted by Gasteiger charge is -2.36. The first-order chi connectivity index (χ1) is 13.1. The Morgan fingerprint density at radius 3 is 1.81 bits per heavy atom. The van der Waals surface area contributed by atoms with E-state index < -0.39 is 0 Å². The Morgan fingerprint density at radius 1 is 0.778 bits per heavy atom. The lowest BCUT2D eigenvalue weighted by Crippen LogP contribution is -2.42. The van der Waals surface area contributed by atoms with Gasteiger partial charge in [0.2, 0.25) is 0 Å². The highest BCUT2D eigenvalue weighted by molar-refractivity contribution is 5.65. The van der Waals surface area contributed by atoms with Crippen LogP contribution in [0.3, 0.4) is 0 Å². The molecular weight excluding hydrogens is 334 g/mol. The summed E-state index contributed by atoms with van der Waals surface area (Å²) in [7, 11) is 2.30. The van der Waals surface area contributed by atoms with E-state index >= 15 is 0 Å². The van der Waals surface area contributed by atoms with Gasteiger partial charge in [-0.25, -0.2) is 0 Å². The van der Waals surface area contributed by atoms with E-state index in [0.717, 1.165) is 18.4 Å². The monoisotopic (exact) mass is 365 g/mol. The summed E-state index contributed by atoms with van der Waals surface area (Å²) in [5, 5.41) is 0. The van der Waals surface area contributed by atoms with Crippen molar-refractivity contribution < 1.29 is 9.47 Å². The van der Waals surface area contributed by atoms with Crippen LogP contribution < -0.4 is 0 Å². The lowest BCUT2D eigenvalue weighted by molar-refractivity contribution is -0.140. The SMILES string of the molecule is CCOC(OCC)c1ccc2c(c1)C1(CC)c3ccccc3C2(CC)N1C. The molecule has 4 rings (SSSR count). The highest BCUT2D eigenvalue weighted by Gasteiger charge is 2.63. The Labute approximate surface area is 163 Å². The van der Waals surface area contributed by atoms with Gasteiger partial charge in [-0.3, -0.25) is 4.90 Å². The minimum atomic E-state index is -0.295. The average Bonchev–Trinajstić information content (AvgIpc) is 3.06. The Balaban J connectivity index is 1.94. The van der Waals surface area contributed by atoms with E-state index in [-0.39, 0.29) is 17.4 Å². The first-order valence-electron chi connectivity index (χ1n) is 10.3. The molecule has 2 aromatic rings. The number of fused-ring (bicyclic) bond motifs is 8. The van der Waals surface area contributed by atoms with Gasteiger partial charge >= 0.3 is 0 Å². The Bertz CT molecular complexity index is 842. The topological polar surface area (TPSA) is 21.7 Å². The minimum absolute atomic E-state index is 0.0345. The summed E-state index contributed by atoms with van der Waals surface area (Å²) >= 11 is 0. The second kappa shape index (κ2) is 6.73. The molecule has 0 amide bonds. The van der Waals surface area contributed by atoms with Gasteiger partial charge in [0.05, 0.1) is 11.1 Å². The fraction of sp³-hybridized carbons (Fsp3) is 0.500. The molecule has 2 aromatic carbocycles. The van der Waals surface area contributed by atoms with Gasteiger partial charge < -0.3 is 9.47 Å². The fourth-order valence-corrected chi connectivity index (χ4v) is 5.73. The van der Waals surface area contributed by atoms with Crippen molar-refractivity contribution in [3.05, 3.63) is 70.3 Å².